The number of esters is 2. The van der Waals surface area contributed by atoms with E-state index in [1.807, 2.05) is 0 Å². The first kappa shape index (κ1) is 26.3. The molecule has 9 heteroatoms. The molecule has 0 radical (unpaired) electrons. The summed E-state index contributed by atoms with van der Waals surface area (Å²) >= 11 is 6.55. The van der Waals surface area contributed by atoms with Crippen LogP contribution in [0.3, 0.4) is 0 Å². The van der Waals surface area contributed by atoms with Gasteiger partial charge in [0.15, 0.2) is 17.7 Å². The summed E-state index contributed by atoms with van der Waals surface area (Å²) in [7, 11) is 1.24. The van der Waals surface area contributed by atoms with Crippen LogP contribution in [-0.2, 0) is 23.8 Å². The lowest BCUT2D eigenvalue weighted by atomic mass is 9.78. The van der Waals surface area contributed by atoms with Crippen molar-refractivity contribution in [1.29, 1.82) is 0 Å². The molecule has 2 atom stereocenters. The third-order valence-corrected chi connectivity index (χ3v) is 6.66. The van der Waals surface area contributed by atoms with Crippen molar-refractivity contribution in [2.75, 3.05) is 20.3 Å². The molecule has 0 saturated heterocycles. The number of hydrogen-bond donors (Lipinski definition) is 1. The molecule has 2 aromatic carbocycles. The van der Waals surface area contributed by atoms with E-state index >= 15 is 0 Å². The zero-order valence-corrected chi connectivity index (χ0v) is 21.4. The SMILES string of the molecule is CCOC(=O)C1=C([C@@H]2OCCC(=O)c3ccccc3C2=O)NC(C)=C(C(=O)OC)[C@@H]1c1ccccc1Cl. The predicted octanol–water partition coefficient (Wildman–Crippen LogP) is 4.15. The van der Waals surface area contributed by atoms with Crippen LogP contribution in [0.15, 0.2) is 71.1 Å². The van der Waals surface area contributed by atoms with Gasteiger partial charge in [0.2, 0.25) is 0 Å². The highest BCUT2D eigenvalue weighted by molar-refractivity contribution is 6.31. The Balaban J connectivity index is 1.99. The Hall–Kier alpha value is -3.75. The number of allylic oxidation sites excluding steroid dienone is 1. The van der Waals surface area contributed by atoms with Crippen molar-refractivity contribution >= 4 is 35.1 Å². The van der Waals surface area contributed by atoms with Crippen LogP contribution in [0.4, 0.5) is 0 Å². The Bertz CT molecular complexity index is 1340. The van der Waals surface area contributed by atoms with Crippen LogP contribution in [0.5, 0.6) is 0 Å². The van der Waals surface area contributed by atoms with E-state index in [1.54, 1.807) is 62.4 Å². The summed E-state index contributed by atoms with van der Waals surface area (Å²) in [6.45, 7) is 3.30. The molecular weight excluding hydrogens is 498 g/mol. The number of halogens is 1. The van der Waals surface area contributed by atoms with Crippen molar-refractivity contribution in [3.05, 3.63) is 92.8 Å². The van der Waals surface area contributed by atoms with Crippen LogP contribution in [0, 0.1) is 0 Å². The molecule has 37 heavy (non-hydrogen) atoms. The van der Waals surface area contributed by atoms with E-state index in [0.717, 1.165) is 0 Å². The molecule has 0 saturated carbocycles. The molecule has 4 rings (SSSR count). The average molecular weight is 524 g/mol. The first-order valence-electron chi connectivity index (χ1n) is 11.8. The molecule has 2 heterocycles. The highest BCUT2D eigenvalue weighted by atomic mass is 35.5. The maximum Gasteiger partial charge on any atom is 0.336 e. The van der Waals surface area contributed by atoms with Crippen LogP contribution in [0.1, 0.15) is 52.5 Å². The lowest BCUT2D eigenvalue weighted by molar-refractivity contribution is -0.139. The largest absolute Gasteiger partial charge is 0.466 e. The number of Topliss-reactive ketones (excluding diaryl/α,β-unsaturated/α-hetero) is 2. The average Bonchev–Trinajstić information content (AvgIpc) is 2.89. The number of nitrogens with one attached hydrogen (secondary N) is 1. The Morgan fingerprint density at radius 1 is 1.03 bits per heavy atom. The molecule has 192 valence electrons. The molecule has 2 aromatic rings. The molecule has 0 amide bonds. The van der Waals surface area contributed by atoms with Gasteiger partial charge in [0.1, 0.15) is 0 Å². The van der Waals surface area contributed by atoms with Gasteiger partial charge in [0.25, 0.3) is 0 Å². The van der Waals surface area contributed by atoms with Crippen molar-refractivity contribution in [2.24, 2.45) is 0 Å². The Morgan fingerprint density at radius 2 is 1.70 bits per heavy atom. The smallest absolute Gasteiger partial charge is 0.336 e. The number of dihydropyridines is 1. The van der Waals surface area contributed by atoms with Crippen molar-refractivity contribution < 1.29 is 33.4 Å². The zero-order chi connectivity index (χ0) is 26.7. The summed E-state index contributed by atoms with van der Waals surface area (Å²) < 4.78 is 16.4. The maximum absolute atomic E-state index is 13.8. The first-order chi connectivity index (χ1) is 17.8. The van der Waals surface area contributed by atoms with Crippen molar-refractivity contribution in [1.82, 2.24) is 5.32 Å². The van der Waals surface area contributed by atoms with Gasteiger partial charge in [-0.05, 0) is 25.5 Å². The van der Waals surface area contributed by atoms with Gasteiger partial charge >= 0.3 is 11.9 Å². The van der Waals surface area contributed by atoms with E-state index < -0.39 is 29.7 Å². The Kier molecular flexibility index (Phi) is 7.90. The van der Waals surface area contributed by atoms with Gasteiger partial charge in [0, 0.05) is 28.3 Å². The minimum Gasteiger partial charge on any atom is -0.466 e. The summed E-state index contributed by atoms with van der Waals surface area (Å²) in [4.78, 5) is 52.9. The third-order valence-electron chi connectivity index (χ3n) is 6.32. The van der Waals surface area contributed by atoms with E-state index in [2.05, 4.69) is 5.32 Å². The highest BCUT2D eigenvalue weighted by Gasteiger charge is 2.44. The van der Waals surface area contributed by atoms with Gasteiger partial charge in [-0.25, -0.2) is 9.59 Å². The quantitative estimate of drug-likeness (QED) is 0.582. The number of carbonyl (C=O) groups excluding carboxylic acids is 4. The number of benzene rings is 2. The van der Waals surface area contributed by atoms with Crippen LogP contribution >= 0.6 is 11.6 Å². The topological polar surface area (TPSA) is 108 Å². The molecule has 0 aromatic heterocycles. The molecule has 0 unspecified atom stereocenters. The number of methoxy groups -OCH3 is 1. The molecular formula is C28H26ClNO7. The lowest BCUT2D eigenvalue weighted by Crippen LogP contribution is -2.42. The van der Waals surface area contributed by atoms with Crippen molar-refractivity contribution in [3.8, 4) is 0 Å². The molecule has 0 fully saturated rings. The summed E-state index contributed by atoms with van der Waals surface area (Å²) in [6, 6.07) is 13.3. The summed E-state index contributed by atoms with van der Waals surface area (Å²) in [5.74, 6) is -3.13. The van der Waals surface area contributed by atoms with Crippen LogP contribution < -0.4 is 5.32 Å². The predicted molar refractivity (Wildman–Crippen MR) is 135 cm³/mol. The number of ether oxygens (including phenoxy) is 3. The molecule has 2 aliphatic heterocycles. The molecule has 0 aliphatic carbocycles. The molecule has 0 bridgehead atoms. The van der Waals surface area contributed by atoms with Gasteiger partial charge < -0.3 is 19.5 Å². The van der Waals surface area contributed by atoms with E-state index in [0.29, 0.717) is 21.8 Å². The molecule has 8 nitrogen and oxygen atoms in total. The maximum atomic E-state index is 13.8. The van der Waals surface area contributed by atoms with E-state index in [1.165, 1.54) is 7.11 Å². The standard InChI is InChI=1S/C28H26ClNO7/c1-4-36-28(34)23-22(18-11-7-8-12-19(18)29)21(27(33)35-3)15(2)30-24(23)26-25(32)17-10-6-5-9-16(17)20(31)13-14-37-26/h5-12,22,26,30H,4,13-14H2,1-3H3/t22-,26-/m0/s1. The van der Waals surface area contributed by atoms with E-state index in [-0.39, 0.29) is 47.8 Å². The minimum atomic E-state index is -1.27. The van der Waals surface area contributed by atoms with Crippen LogP contribution in [0.25, 0.3) is 0 Å². The van der Waals surface area contributed by atoms with Gasteiger partial charge in [0.05, 0.1) is 43.1 Å². The number of carbonyl (C=O) groups is 4. The second-order valence-electron chi connectivity index (χ2n) is 8.49. The monoisotopic (exact) mass is 523 g/mol. The van der Waals surface area contributed by atoms with Gasteiger partial charge in [-0.3, -0.25) is 9.59 Å². The second-order valence-corrected chi connectivity index (χ2v) is 8.90. The van der Waals surface area contributed by atoms with Crippen molar-refractivity contribution in [3.63, 3.8) is 0 Å². The summed E-state index contributed by atoms with van der Waals surface area (Å²) in [5, 5.41) is 3.38. The number of fused-ring (bicyclic) bond motifs is 1. The normalized spacial score (nSPS) is 20.0. The van der Waals surface area contributed by atoms with Gasteiger partial charge in [-0.2, -0.15) is 0 Å². The Labute approximate surface area is 219 Å². The second kappa shape index (κ2) is 11.1. The molecule has 2 aliphatic rings. The van der Waals surface area contributed by atoms with Crippen molar-refractivity contribution in [2.45, 2.75) is 32.3 Å². The number of hydrogen-bond acceptors (Lipinski definition) is 8. The fraction of sp³-hybridized carbons (Fsp3) is 0.286. The summed E-state index contributed by atoms with van der Waals surface area (Å²) in [5.41, 5.74) is 1.58. The number of ketones is 2. The first-order valence-corrected chi connectivity index (χ1v) is 12.2. The Morgan fingerprint density at radius 3 is 2.38 bits per heavy atom. The minimum absolute atomic E-state index is 0.00341. The third kappa shape index (κ3) is 4.95. The summed E-state index contributed by atoms with van der Waals surface area (Å²) in [6.07, 6.45) is -1.22. The van der Waals surface area contributed by atoms with Crippen LogP contribution in [-0.4, -0.2) is 49.9 Å². The van der Waals surface area contributed by atoms with Gasteiger partial charge in [-0.1, -0.05) is 54.1 Å². The fourth-order valence-electron chi connectivity index (χ4n) is 4.67. The zero-order valence-electron chi connectivity index (χ0n) is 20.6. The lowest BCUT2D eigenvalue weighted by Gasteiger charge is -2.34. The fourth-order valence-corrected chi connectivity index (χ4v) is 4.92. The van der Waals surface area contributed by atoms with E-state index in [9.17, 15) is 19.2 Å². The van der Waals surface area contributed by atoms with Gasteiger partial charge in [-0.15, -0.1) is 0 Å². The van der Waals surface area contributed by atoms with Crippen LogP contribution in [0.2, 0.25) is 5.02 Å². The highest BCUT2D eigenvalue weighted by Crippen LogP contribution is 2.43. The van der Waals surface area contributed by atoms with E-state index in [4.69, 9.17) is 25.8 Å². The molecule has 1 N–H and O–H groups in total. The number of rotatable bonds is 5. The molecule has 0 spiro atoms.